The molecule has 0 spiro atoms. The Labute approximate surface area is 156 Å². The number of rotatable bonds is 6. The second kappa shape index (κ2) is 7.97. The van der Waals surface area contributed by atoms with Crippen molar-refractivity contribution in [2.24, 2.45) is 0 Å². The third kappa shape index (κ3) is 3.83. The zero-order chi connectivity index (χ0) is 18.5. The number of hydrogen-bond donors (Lipinski definition) is 2. The van der Waals surface area contributed by atoms with E-state index in [1.165, 1.54) is 11.5 Å². The summed E-state index contributed by atoms with van der Waals surface area (Å²) in [7, 11) is 1.60. The van der Waals surface area contributed by atoms with Crippen molar-refractivity contribution in [3.63, 3.8) is 0 Å². The van der Waals surface area contributed by atoms with Gasteiger partial charge in [0.1, 0.15) is 16.6 Å². The molecule has 26 heavy (non-hydrogen) atoms. The molecule has 3 rings (SSSR count). The van der Waals surface area contributed by atoms with Gasteiger partial charge in [0.2, 0.25) is 0 Å². The third-order valence-corrected chi connectivity index (χ3v) is 4.80. The van der Waals surface area contributed by atoms with Crippen molar-refractivity contribution in [3.8, 4) is 5.75 Å². The van der Waals surface area contributed by atoms with Gasteiger partial charge in [-0.3, -0.25) is 4.79 Å². The zero-order valence-electron chi connectivity index (χ0n) is 14.9. The van der Waals surface area contributed by atoms with Crippen LogP contribution < -0.4 is 15.4 Å². The van der Waals surface area contributed by atoms with Crippen LogP contribution in [0.4, 0.5) is 16.5 Å². The van der Waals surface area contributed by atoms with Gasteiger partial charge in [-0.25, -0.2) is 4.98 Å². The second-order valence-corrected chi connectivity index (χ2v) is 6.42. The average molecular weight is 368 g/mol. The van der Waals surface area contributed by atoms with Crippen LogP contribution in [0.25, 0.3) is 0 Å². The van der Waals surface area contributed by atoms with Gasteiger partial charge in [-0.15, -0.1) is 0 Å². The fourth-order valence-electron chi connectivity index (χ4n) is 2.58. The highest BCUT2D eigenvalue weighted by Gasteiger charge is 2.20. The van der Waals surface area contributed by atoms with E-state index in [2.05, 4.69) is 26.9 Å². The maximum absolute atomic E-state index is 12.9. The van der Waals surface area contributed by atoms with E-state index in [1.807, 2.05) is 31.2 Å². The highest BCUT2D eigenvalue weighted by molar-refractivity contribution is 7.10. The van der Waals surface area contributed by atoms with Gasteiger partial charge >= 0.3 is 0 Å². The Kier molecular flexibility index (Phi) is 5.48. The molecule has 0 aliphatic carbocycles. The predicted molar refractivity (Wildman–Crippen MR) is 105 cm³/mol. The lowest BCUT2D eigenvalue weighted by molar-refractivity contribution is 0.102. The monoisotopic (exact) mass is 368 g/mol. The molecule has 2 aromatic heterocycles. The first-order valence-electron chi connectivity index (χ1n) is 8.25. The van der Waals surface area contributed by atoms with E-state index < -0.39 is 0 Å². The Morgan fingerprint density at radius 2 is 2.08 bits per heavy atom. The Morgan fingerprint density at radius 1 is 1.27 bits per heavy atom. The Hall–Kier alpha value is -2.93. The van der Waals surface area contributed by atoms with E-state index in [0.29, 0.717) is 27.8 Å². The first kappa shape index (κ1) is 17.9. The van der Waals surface area contributed by atoms with Gasteiger partial charge in [-0.1, -0.05) is 25.1 Å². The largest absolute Gasteiger partial charge is 0.497 e. The normalized spacial score (nSPS) is 10.4. The lowest BCUT2D eigenvalue weighted by Gasteiger charge is -2.11. The summed E-state index contributed by atoms with van der Waals surface area (Å²) in [6.07, 6.45) is 2.49. The standard InChI is InChI=1S/C19H20N4O2S/c1-4-13-7-5-6-8-15(13)21-18(24)17-12(2)23-26-19(17)22-16-11-14(25-3)9-10-20-16/h5-11H,4H2,1-3H3,(H,20,22)(H,21,24). The molecule has 3 aromatic rings. The Morgan fingerprint density at radius 3 is 2.85 bits per heavy atom. The molecule has 0 saturated heterocycles. The summed E-state index contributed by atoms with van der Waals surface area (Å²) in [6, 6.07) is 11.3. The minimum atomic E-state index is -0.192. The average Bonchev–Trinajstić information content (AvgIpc) is 3.02. The molecule has 134 valence electrons. The minimum Gasteiger partial charge on any atom is -0.497 e. The number of pyridine rings is 1. The predicted octanol–water partition coefficient (Wildman–Crippen LogP) is 4.41. The van der Waals surface area contributed by atoms with E-state index in [0.717, 1.165) is 17.7 Å². The first-order valence-corrected chi connectivity index (χ1v) is 9.02. The van der Waals surface area contributed by atoms with Crippen LogP contribution in [0.5, 0.6) is 5.75 Å². The molecule has 6 nitrogen and oxygen atoms in total. The van der Waals surface area contributed by atoms with Crippen molar-refractivity contribution in [1.29, 1.82) is 0 Å². The number of carbonyl (C=O) groups excluding carboxylic acids is 1. The van der Waals surface area contributed by atoms with Crippen LogP contribution in [0.3, 0.4) is 0 Å². The third-order valence-electron chi connectivity index (χ3n) is 3.94. The fraction of sp³-hybridized carbons (Fsp3) is 0.211. The molecular weight excluding hydrogens is 348 g/mol. The lowest BCUT2D eigenvalue weighted by atomic mass is 10.1. The number of amides is 1. The second-order valence-electron chi connectivity index (χ2n) is 5.64. The van der Waals surface area contributed by atoms with E-state index in [1.54, 1.807) is 25.4 Å². The van der Waals surface area contributed by atoms with Crippen LogP contribution in [0.15, 0.2) is 42.6 Å². The van der Waals surface area contributed by atoms with Crippen LogP contribution in [-0.2, 0) is 6.42 Å². The van der Waals surface area contributed by atoms with Gasteiger partial charge in [0.25, 0.3) is 5.91 Å². The number of benzene rings is 1. The number of methoxy groups -OCH3 is 1. The highest BCUT2D eigenvalue weighted by atomic mass is 32.1. The molecule has 0 fully saturated rings. The summed E-state index contributed by atoms with van der Waals surface area (Å²) in [4.78, 5) is 17.1. The van der Waals surface area contributed by atoms with Gasteiger partial charge in [0.05, 0.1) is 18.4 Å². The minimum absolute atomic E-state index is 0.192. The molecule has 1 amide bonds. The number of nitrogens with one attached hydrogen (secondary N) is 2. The van der Waals surface area contributed by atoms with Crippen LogP contribution >= 0.6 is 11.5 Å². The van der Waals surface area contributed by atoms with Gasteiger partial charge < -0.3 is 15.4 Å². The summed E-state index contributed by atoms with van der Waals surface area (Å²) < 4.78 is 9.53. The Bertz CT molecular complexity index is 923. The number of anilines is 3. The van der Waals surface area contributed by atoms with E-state index in [-0.39, 0.29) is 5.91 Å². The van der Waals surface area contributed by atoms with Crippen molar-refractivity contribution in [3.05, 3.63) is 59.4 Å². The quantitative estimate of drug-likeness (QED) is 0.674. The number of aromatic nitrogens is 2. The van der Waals surface area contributed by atoms with Crippen molar-refractivity contribution < 1.29 is 9.53 Å². The highest BCUT2D eigenvalue weighted by Crippen LogP contribution is 2.29. The molecule has 0 radical (unpaired) electrons. The van der Waals surface area contributed by atoms with Gasteiger partial charge in [0.15, 0.2) is 0 Å². The summed E-state index contributed by atoms with van der Waals surface area (Å²) in [5, 5.41) is 6.81. The first-order chi connectivity index (χ1) is 12.6. The van der Waals surface area contributed by atoms with Gasteiger partial charge in [-0.05, 0) is 42.6 Å². The molecular formula is C19H20N4O2S. The molecule has 7 heteroatoms. The number of hydrogen-bond acceptors (Lipinski definition) is 6. The smallest absolute Gasteiger partial charge is 0.260 e. The molecule has 0 aliphatic heterocycles. The van der Waals surface area contributed by atoms with Crippen LogP contribution in [0.1, 0.15) is 28.5 Å². The summed E-state index contributed by atoms with van der Waals surface area (Å²) >= 11 is 1.23. The molecule has 0 bridgehead atoms. The Balaban J connectivity index is 1.86. The number of ether oxygens (including phenoxy) is 1. The number of carbonyl (C=O) groups is 1. The fourth-order valence-corrected chi connectivity index (χ4v) is 3.38. The van der Waals surface area contributed by atoms with Crippen LogP contribution in [0.2, 0.25) is 0 Å². The summed E-state index contributed by atoms with van der Waals surface area (Å²) in [5.74, 6) is 1.09. The van der Waals surface area contributed by atoms with E-state index in [4.69, 9.17) is 4.74 Å². The van der Waals surface area contributed by atoms with Crippen LogP contribution in [-0.4, -0.2) is 22.4 Å². The zero-order valence-corrected chi connectivity index (χ0v) is 15.7. The molecule has 0 saturated carbocycles. The molecule has 0 aliphatic rings. The van der Waals surface area contributed by atoms with Crippen molar-refractivity contribution >= 4 is 33.9 Å². The SMILES string of the molecule is CCc1ccccc1NC(=O)c1c(C)nsc1Nc1cc(OC)ccn1. The molecule has 0 unspecified atom stereocenters. The summed E-state index contributed by atoms with van der Waals surface area (Å²) in [6.45, 7) is 3.88. The molecule has 2 N–H and O–H groups in total. The summed E-state index contributed by atoms with van der Waals surface area (Å²) in [5.41, 5.74) is 3.10. The van der Waals surface area contributed by atoms with Crippen molar-refractivity contribution in [2.45, 2.75) is 20.3 Å². The molecule has 0 atom stereocenters. The number of aryl methyl sites for hydroxylation is 2. The number of para-hydroxylation sites is 1. The van der Waals surface area contributed by atoms with E-state index in [9.17, 15) is 4.79 Å². The van der Waals surface area contributed by atoms with Gasteiger partial charge in [-0.2, -0.15) is 4.37 Å². The lowest BCUT2D eigenvalue weighted by Crippen LogP contribution is -2.15. The van der Waals surface area contributed by atoms with E-state index >= 15 is 0 Å². The maximum Gasteiger partial charge on any atom is 0.260 e. The molecule has 2 heterocycles. The maximum atomic E-state index is 12.9. The van der Waals surface area contributed by atoms with Crippen LogP contribution in [0, 0.1) is 6.92 Å². The number of nitrogens with zero attached hydrogens (tertiary/aromatic N) is 2. The topological polar surface area (TPSA) is 76.1 Å². The van der Waals surface area contributed by atoms with Crippen molar-refractivity contribution in [1.82, 2.24) is 9.36 Å². The van der Waals surface area contributed by atoms with Gasteiger partial charge in [0, 0.05) is 18.0 Å². The molecule has 1 aromatic carbocycles. The van der Waals surface area contributed by atoms with Crippen molar-refractivity contribution in [2.75, 3.05) is 17.7 Å².